The van der Waals surface area contributed by atoms with Crippen molar-refractivity contribution in [2.24, 2.45) is 0 Å². The molecular weight excluding hydrogens is 441 g/mol. The summed E-state index contributed by atoms with van der Waals surface area (Å²) in [5.41, 5.74) is 5.23. The number of aromatic nitrogens is 3. The van der Waals surface area contributed by atoms with Crippen molar-refractivity contribution < 1.29 is 14.0 Å². The minimum Gasteiger partial charge on any atom is -0.325 e. The maximum Gasteiger partial charge on any atom is 0.257 e. The van der Waals surface area contributed by atoms with Gasteiger partial charge in [0, 0.05) is 17.6 Å². The Balaban J connectivity index is 1.46. The average Bonchev–Trinajstić information content (AvgIpc) is 3.17. The predicted molar refractivity (Wildman–Crippen MR) is 127 cm³/mol. The molecule has 4 rings (SSSR count). The van der Waals surface area contributed by atoms with Crippen molar-refractivity contribution in [3.05, 3.63) is 82.8 Å². The molecule has 0 saturated carbocycles. The standard InChI is InChI=1S/C24H22FN5O2S/c1-14-9-15(2)22(16(3)10-14)27-21(31)13-33-24-29-28-20-8-7-17(12-30(20)24)23(32)26-19-6-4-5-18(25)11-19/h4-12H,13H2,1-3H3,(H,26,32)(H,27,31). The van der Waals surface area contributed by atoms with Gasteiger partial charge in [0.2, 0.25) is 5.91 Å². The van der Waals surface area contributed by atoms with Gasteiger partial charge in [-0.05, 0) is 62.2 Å². The molecule has 2 aromatic heterocycles. The van der Waals surface area contributed by atoms with Gasteiger partial charge in [-0.15, -0.1) is 10.2 Å². The summed E-state index contributed by atoms with van der Waals surface area (Å²) >= 11 is 1.22. The summed E-state index contributed by atoms with van der Waals surface area (Å²) < 4.78 is 15.0. The summed E-state index contributed by atoms with van der Waals surface area (Å²) in [6.07, 6.45) is 1.60. The molecule has 168 valence electrons. The van der Waals surface area contributed by atoms with Crippen LogP contribution in [0.3, 0.4) is 0 Å². The van der Waals surface area contributed by atoms with Gasteiger partial charge in [-0.25, -0.2) is 4.39 Å². The van der Waals surface area contributed by atoms with Gasteiger partial charge in [0.25, 0.3) is 5.91 Å². The molecule has 0 aliphatic rings. The highest BCUT2D eigenvalue weighted by atomic mass is 32.2. The van der Waals surface area contributed by atoms with Crippen LogP contribution in [-0.2, 0) is 4.79 Å². The van der Waals surface area contributed by atoms with Crippen LogP contribution in [0.1, 0.15) is 27.0 Å². The van der Waals surface area contributed by atoms with Crippen LogP contribution in [0.15, 0.2) is 59.9 Å². The molecule has 0 spiro atoms. The molecule has 0 saturated heterocycles. The minimum atomic E-state index is -0.435. The molecule has 2 N–H and O–H groups in total. The van der Waals surface area contributed by atoms with Gasteiger partial charge in [-0.3, -0.25) is 14.0 Å². The minimum absolute atomic E-state index is 0.132. The molecular formula is C24H22FN5O2S. The zero-order valence-corrected chi connectivity index (χ0v) is 19.2. The third-order valence-corrected chi connectivity index (χ3v) is 5.93. The number of amides is 2. The lowest BCUT2D eigenvalue weighted by atomic mass is 10.1. The number of carbonyl (C=O) groups is 2. The first kappa shape index (κ1) is 22.5. The molecule has 33 heavy (non-hydrogen) atoms. The molecule has 4 aromatic rings. The zero-order chi connectivity index (χ0) is 23.5. The van der Waals surface area contributed by atoms with Crippen LogP contribution in [0, 0.1) is 26.6 Å². The average molecular weight is 464 g/mol. The van der Waals surface area contributed by atoms with E-state index in [1.807, 2.05) is 32.9 Å². The Morgan fingerprint density at radius 2 is 1.76 bits per heavy atom. The lowest BCUT2D eigenvalue weighted by Gasteiger charge is -2.12. The Kier molecular flexibility index (Phi) is 6.41. The van der Waals surface area contributed by atoms with E-state index >= 15 is 0 Å². The molecule has 7 nitrogen and oxygen atoms in total. The number of fused-ring (bicyclic) bond motifs is 1. The normalized spacial score (nSPS) is 10.9. The topological polar surface area (TPSA) is 88.4 Å². The smallest absolute Gasteiger partial charge is 0.257 e. The lowest BCUT2D eigenvalue weighted by Crippen LogP contribution is -2.16. The van der Waals surface area contributed by atoms with E-state index in [9.17, 15) is 14.0 Å². The van der Waals surface area contributed by atoms with Crippen LogP contribution in [0.4, 0.5) is 15.8 Å². The van der Waals surface area contributed by atoms with Gasteiger partial charge in [-0.2, -0.15) is 0 Å². The molecule has 0 unspecified atom stereocenters. The van der Waals surface area contributed by atoms with E-state index in [-0.39, 0.29) is 11.7 Å². The van der Waals surface area contributed by atoms with Crippen molar-refractivity contribution in [1.82, 2.24) is 14.6 Å². The van der Waals surface area contributed by atoms with E-state index < -0.39 is 11.7 Å². The SMILES string of the molecule is Cc1cc(C)c(NC(=O)CSc2nnc3ccc(C(=O)Nc4cccc(F)c4)cn23)c(C)c1. The Morgan fingerprint density at radius 1 is 1.00 bits per heavy atom. The highest BCUT2D eigenvalue weighted by Crippen LogP contribution is 2.23. The summed E-state index contributed by atoms with van der Waals surface area (Å²) in [4.78, 5) is 25.2. The number of thioether (sulfide) groups is 1. The maximum absolute atomic E-state index is 13.4. The Hall–Kier alpha value is -3.72. The van der Waals surface area contributed by atoms with Gasteiger partial charge in [-0.1, -0.05) is 35.5 Å². The van der Waals surface area contributed by atoms with Crippen molar-refractivity contribution in [3.63, 3.8) is 0 Å². The first-order valence-corrected chi connectivity index (χ1v) is 11.2. The van der Waals surface area contributed by atoms with E-state index in [1.165, 1.54) is 30.0 Å². The van der Waals surface area contributed by atoms with Crippen molar-refractivity contribution in [1.29, 1.82) is 0 Å². The number of hydrogen-bond donors (Lipinski definition) is 2. The van der Waals surface area contributed by atoms with Crippen LogP contribution >= 0.6 is 11.8 Å². The monoisotopic (exact) mass is 463 g/mol. The number of nitrogens with zero attached hydrogens (tertiary/aromatic N) is 3. The first-order chi connectivity index (χ1) is 15.8. The van der Waals surface area contributed by atoms with E-state index in [1.54, 1.807) is 28.8 Å². The van der Waals surface area contributed by atoms with E-state index in [4.69, 9.17) is 0 Å². The highest BCUT2D eigenvalue weighted by Gasteiger charge is 2.14. The van der Waals surface area contributed by atoms with E-state index in [2.05, 4.69) is 20.8 Å². The number of halogens is 1. The fraction of sp³-hybridized carbons (Fsp3) is 0.167. The number of rotatable bonds is 6. The molecule has 0 atom stereocenters. The molecule has 2 amide bonds. The zero-order valence-electron chi connectivity index (χ0n) is 18.3. The fourth-order valence-electron chi connectivity index (χ4n) is 3.55. The number of pyridine rings is 1. The number of aryl methyl sites for hydroxylation is 3. The number of carbonyl (C=O) groups excluding carboxylic acids is 2. The summed E-state index contributed by atoms with van der Waals surface area (Å²) in [5, 5.41) is 14.3. The largest absolute Gasteiger partial charge is 0.325 e. The fourth-order valence-corrected chi connectivity index (χ4v) is 4.27. The maximum atomic E-state index is 13.4. The number of anilines is 2. The lowest BCUT2D eigenvalue weighted by molar-refractivity contribution is -0.113. The van der Waals surface area contributed by atoms with Gasteiger partial charge in [0.15, 0.2) is 10.8 Å². The molecule has 0 bridgehead atoms. The second kappa shape index (κ2) is 9.41. The third-order valence-electron chi connectivity index (χ3n) is 4.99. The first-order valence-electron chi connectivity index (χ1n) is 10.2. The van der Waals surface area contributed by atoms with Crippen LogP contribution in [-0.4, -0.2) is 32.2 Å². The molecule has 2 heterocycles. The van der Waals surface area contributed by atoms with Gasteiger partial charge >= 0.3 is 0 Å². The van der Waals surface area contributed by atoms with E-state index in [0.717, 1.165) is 22.4 Å². The Morgan fingerprint density at radius 3 is 2.48 bits per heavy atom. The molecule has 0 aliphatic carbocycles. The van der Waals surface area contributed by atoms with Crippen molar-refractivity contribution in [2.75, 3.05) is 16.4 Å². The van der Waals surface area contributed by atoms with Gasteiger partial charge in [0.05, 0.1) is 11.3 Å². The summed E-state index contributed by atoms with van der Waals surface area (Å²) in [6, 6.07) is 13.0. The van der Waals surface area contributed by atoms with Gasteiger partial charge < -0.3 is 10.6 Å². The predicted octanol–water partition coefficient (Wildman–Crippen LogP) is 4.78. The van der Waals surface area contributed by atoms with Crippen molar-refractivity contribution in [3.8, 4) is 0 Å². The number of benzene rings is 2. The molecule has 0 radical (unpaired) electrons. The second-order valence-electron chi connectivity index (χ2n) is 7.70. The molecule has 2 aromatic carbocycles. The summed E-state index contributed by atoms with van der Waals surface area (Å²) in [5.74, 6) is -0.857. The van der Waals surface area contributed by atoms with Crippen molar-refractivity contribution >= 4 is 40.6 Å². The molecule has 0 fully saturated rings. The Labute approximate surface area is 194 Å². The highest BCUT2D eigenvalue weighted by molar-refractivity contribution is 7.99. The third kappa shape index (κ3) is 5.20. The summed E-state index contributed by atoms with van der Waals surface area (Å²) in [7, 11) is 0. The van der Waals surface area contributed by atoms with E-state index in [0.29, 0.717) is 22.1 Å². The number of nitrogens with one attached hydrogen (secondary N) is 2. The quantitative estimate of drug-likeness (QED) is 0.402. The Bertz CT molecular complexity index is 1350. The number of hydrogen-bond acceptors (Lipinski definition) is 5. The molecule has 0 aliphatic heterocycles. The van der Waals surface area contributed by atoms with Crippen LogP contribution in [0.2, 0.25) is 0 Å². The van der Waals surface area contributed by atoms with Crippen molar-refractivity contribution in [2.45, 2.75) is 25.9 Å². The molecule has 9 heteroatoms. The van der Waals surface area contributed by atoms with Gasteiger partial charge in [0.1, 0.15) is 5.82 Å². The van der Waals surface area contributed by atoms with Crippen LogP contribution in [0.25, 0.3) is 5.65 Å². The summed E-state index contributed by atoms with van der Waals surface area (Å²) in [6.45, 7) is 5.95. The second-order valence-corrected chi connectivity index (χ2v) is 8.65. The van der Waals surface area contributed by atoms with Crippen LogP contribution < -0.4 is 10.6 Å². The van der Waals surface area contributed by atoms with Crippen LogP contribution in [0.5, 0.6) is 0 Å².